The minimum Gasteiger partial charge on any atom is -0.389 e. The summed E-state index contributed by atoms with van der Waals surface area (Å²) in [5.41, 5.74) is 1.04. The largest absolute Gasteiger partial charge is 0.389 e. The lowest BCUT2D eigenvalue weighted by Crippen LogP contribution is -2.12. The van der Waals surface area contributed by atoms with Crippen molar-refractivity contribution in [2.45, 2.75) is 33.6 Å². The van der Waals surface area contributed by atoms with E-state index in [1.807, 2.05) is 20.8 Å². The molecule has 0 saturated carbocycles. The summed E-state index contributed by atoms with van der Waals surface area (Å²) in [6.07, 6.45) is 3.19. The Morgan fingerprint density at radius 1 is 1.27 bits per heavy atom. The molecule has 0 aliphatic rings. The summed E-state index contributed by atoms with van der Waals surface area (Å²) >= 11 is 0. The fourth-order valence-electron chi connectivity index (χ4n) is 0.802. The van der Waals surface area contributed by atoms with E-state index in [0.717, 1.165) is 18.7 Å². The summed E-state index contributed by atoms with van der Waals surface area (Å²) in [5, 5.41) is 3.14. The molecular formula is C9H17NO. The van der Waals surface area contributed by atoms with E-state index < -0.39 is 0 Å². The first-order valence-electron chi connectivity index (χ1n) is 4.21. The van der Waals surface area contributed by atoms with Crippen molar-refractivity contribution < 1.29 is 4.79 Å². The molecule has 0 spiro atoms. The molecule has 0 aromatic rings. The van der Waals surface area contributed by atoms with Gasteiger partial charge in [0.05, 0.1) is 0 Å². The average Bonchev–Trinajstić information content (AvgIpc) is 2.03. The third-order valence-corrected chi connectivity index (χ3v) is 1.47. The van der Waals surface area contributed by atoms with E-state index in [1.54, 1.807) is 6.08 Å². The van der Waals surface area contributed by atoms with Crippen LogP contribution in [-0.2, 0) is 4.79 Å². The minimum atomic E-state index is 0.197. The van der Waals surface area contributed by atoms with E-state index in [-0.39, 0.29) is 5.78 Å². The molecule has 0 saturated heterocycles. The first-order chi connectivity index (χ1) is 5.24. The van der Waals surface area contributed by atoms with Crippen LogP contribution in [0.1, 0.15) is 33.6 Å². The molecule has 0 amide bonds. The van der Waals surface area contributed by atoms with Crippen LogP contribution < -0.4 is 5.32 Å². The second kappa shape index (κ2) is 5.96. The monoisotopic (exact) mass is 155 g/mol. The van der Waals surface area contributed by atoms with E-state index >= 15 is 0 Å². The van der Waals surface area contributed by atoms with Gasteiger partial charge in [-0.05, 0) is 19.4 Å². The summed E-state index contributed by atoms with van der Waals surface area (Å²) in [7, 11) is 0. The van der Waals surface area contributed by atoms with Gasteiger partial charge in [-0.2, -0.15) is 0 Å². The summed E-state index contributed by atoms with van der Waals surface area (Å²) in [4.78, 5) is 10.9. The first-order valence-corrected chi connectivity index (χ1v) is 4.21. The molecule has 2 heteroatoms. The van der Waals surface area contributed by atoms with Crippen molar-refractivity contribution in [1.82, 2.24) is 5.32 Å². The van der Waals surface area contributed by atoms with Crippen LogP contribution in [0.15, 0.2) is 11.8 Å². The molecule has 0 fully saturated rings. The molecule has 2 nitrogen and oxygen atoms in total. The van der Waals surface area contributed by atoms with E-state index in [1.165, 1.54) is 0 Å². The Bertz CT molecular complexity index is 150. The van der Waals surface area contributed by atoms with Gasteiger partial charge in [0, 0.05) is 18.7 Å². The fraction of sp³-hybridized carbons (Fsp3) is 0.667. The van der Waals surface area contributed by atoms with Crippen LogP contribution in [0.4, 0.5) is 0 Å². The highest BCUT2D eigenvalue weighted by Gasteiger charge is 1.95. The predicted molar refractivity (Wildman–Crippen MR) is 47.3 cm³/mol. The molecule has 0 heterocycles. The molecule has 0 bridgehead atoms. The second-order valence-electron chi connectivity index (χ2n) is 2.37. The molecule has 0 radical (unpaired) electrons. The van der Waals surface area contributed by atoms with Crippen molar-refractivity contribution in [2.75, 3.05) is 6.54 Å². The Hall–Kier alpha value is -0.790. The average molecular weight is 155 g/mol. The van der Waals surface area contributed by atoms with Gasteiger partial charge in [0.1, 0.15) is 0 Å². The lowest BCUT2D eigenvalue weighted by Gasteiger charge is -2.04. The Balaban J connectivity index is 3.99. The van der Waals surface area contributed by atoms with Crippen LogP contribution >= 0.6 is 0 Å². The predicted octanol–water partition coefficient (Wildman–Crippen LogP) is 1.87. The van der Waals surface area contributed by atoms with Crippen molar-refractivity contribution in [2.24, 2.45) is 0 Å². The quantitative estimate of drug-likeness (QED) is 0.614. The van der Waals surface area contributed by atoms with Crippen LogP contribution in [0.25, 0.3) is 0 Å². The molecule has 11 heavy (non-hydrogen) atoms. The standard InChI is InChI=1S/C9H17NO/c1-4-8(10-6-3)7-9(11)5-2/h7,10H,4-6H2,1-3H3. The molecule has 0 unspecified atom stereocenters. The number of carbonyl (C=O) groups excluding carboxylic acids is 1. The minimum absolute atomic E-state index is 0.197. The van der Waals surface area contributed by atoms with Gasteiger partial charge in [-0.15, -0.1) is 0 Å². The Morgan fingerprint density at radius 3 is 2.27 bits per heavy atom. The molecule has 0 aromatic heterocycles. The highest BCUT2D eigenvalue weighted by Crippen LogP contribution is 1.96. The van der Waals surface area contributed by atoms with Gasteiger partial charge in [0.2, 0.25) is 0 Å². The molecular weight excluding hydrogens is 138 g/mol. The molecule has 0 atom stereocenters. The number of allylic oxidation sites excluding steroid dienone is 2. The summed E-state index contributed by atoms with van der Waals surface area (Å²) in [6, 6.07) is 0. The van der Waals surface area contributed by atoms with Crippen LogP contribution in [0.5, 0.6) is 0 Å². The molecule has 0 aliphatic carbocycles. The zero-order valence-electron chi connectivity index (χ0n) is 7.61. The summed E-state index contributed by atoms with van der Waals surface area (Å²) in [6.45, 7) is 6.83. The normalized spacial score (nSPS) is 11.4. The second-order valence-corrected chi connectivity index (χ2v) is 2.37. The summed E-state index contributed by atoms with van der Waals surface area (Å²) < 4.78 is 0. The highest BCUT2D eigenvalue weighted by molar-refractivity contribution is 5.89. The van der Waals surface area contributed by atoms with Gasteiger partial charge in [-0.3, -0.25) is 4.79 Å². The SMILES string of the molecule is CCNC(=CC(=O)CC)CC. The highest BCUT2D eigenvalue weighted by atomic mass is 16.1. The summed E-state index contributed by atoms with van der Waals surface area (Å²) in [5.74, 6) is 0.197. The van der Waals surface area contributed by atoms with Crippen molar-refractivity contribution >= 4 is 5.78 Å². The molecule has 64 valence electrons. The third kappa shape index (κ3) is 4.59. The van der Waals surface area contributed by atoms with Crippen molar-refractivity contribution in [3.8, 4) is 0 Å². The number of rotatable bonds is 5. The van der Waals surface area contributed by atoms with Gasteiger partial charge in [0.25, 0.3) is 0 Å². The zero-order valence-corrected chi connectivity index (χ0v) is 7.61. The Labute approximate surface area is 68.7 Å². The Kier molecular flexibility index (Phi) is 5.53. The van der Waals surface area contributed by atoms with Gasteiger partial charge < -0.3 is 5.32 Å². The molecule has 0 aliphatic heterocycles. The molecule has 1 N–H and O–H groups in total. The fourth-order valence-corrected chi connectivity index (χ4v) is 0.802. The number of carbonyl (C=O) groups is 1. The van der Waals surface area contributed by atoms with E-state index in [4.69, 9.17) is 0 Å². The van der Waals surface area contributed by atoms with Gasteiger partial charge in [-0.1, -0.05) is 13.8 Å². The maximum Gasteiger partial charge on any atom is 0.157 e. The maximum atomic E-state index is 10.9. The number of ketones is 1. The van der Waals surface area contributed by atoms with Gasteiger partial charge in [0.15, 0.2) is 5.78 Å². The number of hydrogen-bond donors (Lipinski definition) is 1. The van der Waals surface area contributed by atoms with Crippen LogP contribution in [0, 0.1) is 0 Å². The van der Waals surface area contributed by atoms with Crippen LogP contribution in [0.3, 0.4) is 0 Å². The van der Waals surface area contributed by atoms with Gasteiger partial charge >= 0.3 is 0 Å². The maximum absolute atomic E-state index is 10.9. The van der Waals surface area contributed by atoms with Crippen LogP contribution in [0.2, 0.25) is 0 Å². The van der Waals surface area contributed by atoms with E-state index in [2.05, 4.69) is 5.32 Å². The third-order valence-electron chi connectivity index (χ3n) is 1.47. The number of nitrogens with one attached hydrogen (secondary N) is 1. The topological polar surface area (TPSA) is 29.1 Å². The smallest absolute Gasteiger partial charge is 0.157 e. The van der Waals surface area contributed by atoms with E-state index in [0.29, 0.717) is 6.42 Å². The number of hydrogen-bond acceptors (Lipinski definition) is 2. The van der Waals surface area contributed by atoms with Crippen molar-refractivity contribution in [3.05, 3.63) is 11.8 Å². The zero-order chi connectivity index (χ0) is 8.69. The van der Waals surface area contributed by atoms with E-state index in [9.17, 15) is 4.79 Å². The van der Waals surface area contributed by atoms with Crippen molar-refractivity contribution in [1.29, 1.82) is 0 Å². The molecule has 0 aromatic carbocycles. The van der Waals surface area contributed by atoms with Crippen molar-refractivity contribution in [3.63, 3.8) is 0 Å². The van der Waals surface area contributed by atoms with Crippen LogP contribution in [-0.4, -0.2) is 12.3 Å². The van der Waals surface area contributed by atoms with Gasteiger partial charge in [-0.25, -0.2) is 0 Å². The first kappa shape index (κ1) is 10.2. The molecule has 0 rings (SSSR count). The lowest BCUT2D eigenvalue weighted by atomic mass is 10.2. The lowest BCUT2D eigenvalue weighted by molar-refractivity contribution is -0.114. The Morgan fingerprint density at radius 2 is 1.91 bits per heavy atom.